The molecule has 4 amide bonds. The van der Waals surface area contributed by atoms with E-state index in [2.05, 4.69) is 0 Å². The van der Waals surface area contributed by atoms with Gasteiger partial charge >= 0.3 is 17.8 Å². The molecule has 3 rings (SSSR count). The van der Waals surface area contributed by atoms with Gasteiger partial charge in [0.1, 0.15) is 0 Å². The van der Waals surface area contributed by atoms with Gasteiger partial charge in [-0.25, -0.2) is 18.1 Å². The summed E-state index contributed by atoms with van der Waals surface area (Å²) in [7, 11) is -3.58. The van der Waals surface area contributed by atoms with Crippen molar-refractivity contribution in [1.82, 2.24) is 19.0 Å². The second-order valence-corrected chi connectivity index (χ2v) is 9.20. The largest absolute Gasteiger partial charge is 0.335 e. The van der Waals surface area contributed by atoms with Crippen molar-refractivity contribution in [2.75, 3.05) is 32.8 Å². The number of carbonyl (C=O) groups is 3. The van der Waals surface area contributed by atoms with Crippen molar-refractivity contribution >= 4 is 27.9 Å². The Bertz CT molecular complexity index is 889. The first kappa shape index (κ1) is 20.4. The third-order valence-corrected chi connectivity index (χ3v) is 6.84. The van der Waals surface area contributed by atoms with Crippen molar-refractivity contribution in [3.8, 4) is 0 Å². The van der Waals surface area contributed by atoms with Gasteiger partial charge in [0.25, 0.3) is 0 Å². The fourth-order valence-electron chi connectivity index (χ4n) is 3.27. The minimum Gasteiger partial charge on any atom is -0.283 e. The van der Waals surface area contributed by atoms with Crippen LogP contribution in [-0.2, 0) is 19.6 Å². The van der Waals surface area contributed by atoms with Crippen molar-refractivity contribution in [3.05, 3.63) is 29.8 Å². The molecule has 2 heterocycles. The molecule has 152 valence electrons. The van der Waals surface area contributed by atoms with E-state index in [1.54, 1.807) is 43.0 Å². The van der Waals surface area contributed by atoms with Crippen LogP contribution in [0.2, 0.25) is 0 Å². The standard InChI is InChI=1S/C18H24N4O5S/c1-13(2)22-17(24)16(23)21(18(22)25)12-19-8-10-20(11-9-19)28(26,27)15-6-4-14(3)5-7-15/h4-7,13H,8-12H2,1-3H3. The Morgan fingerprint density at radius 3 is 2.00 bits per heavy atom. The van der Waals surface area contributed by atoms with Gasteiger partial charge < -0.3 is 0 Å². The molecule has 0 unspecified atom stereocenters. The molecular formula is C18H24N4O5S. The number of benzene rings is 1. The summed E-state index contributed by atoms with van der Waals surface area (Å²) in [5, 5.41) is 0. The summed E-state index contributed by atoms with van der Waals surface area (Å²) in [4.78, 5) is 40.4. The highest BCUT2D eigenvalue weighted by molar-refractivity contribution is 7.89. The van der Waals surface area contributed by atoms with Crippen LogP contribution in [0.15, 0.2) is 29.2 Å². The minimum atomic E-state index is -3.58. The van der Waals surface area contributed by atoms with Crippen LogP contribution < -0.4 is 0 Å². The fraction of sp³-hybridized carbons (Fsp3) is 0.500. The predicted molar refractivity (Wildman–Crippen MR) is 101 cm³/mol. The molecular weight excluding hydrogens is 384 g/mol. The van der Waals surface area contributed by atoms with Crippen molar-refractivity contribution in [3.63, 3.8) is 0 Å². The van der Waals surface area contributed by atoms with Crippen molar-refractivity contribution < 1.29 is 22.8 Å². The van der Waals surface area contributed by atoms with Crippen LogP contribution in [0.5, 0.6) is 0 Å². The molecule has 2 saturated heterocycles. The number of rotatable bonds is 5. The average Bonchev–Trinajstić information content (AvgIpc) is 2.86. The second kappa shape index (κ2) is 7.61. The topological polar surface area (TPSA) is 98.3 Å². The quantitative estimate of drug-likeness (QED) is 0.519. The number of nitrogens with zero attached hydrogens (tertiary/aromatic N) is 4. The summed E-state index contributed by atoms with van der Waals surface area (Å²) in [5.41, 5.74) is 0.980. The molecule has 28 heavy (non-hydrogen) atoms. The molecule has 2 fully saturated rings. The lowest BCUT2D eigenvalue weighted by atomic mass is 10.2. The lowest BCUT2D eigenvalue weighted by molar-refractivity contribution is -0.144. The van der Waals surface area contributed by atoms with Gasteiger partial charge in [-0.2, -0.15) is 4.31 Å². The molecule has 0 spiro atoms. The molecule has 0 bridgehead atoms. The predicted octanol–water partition coefficient (Wildman–Crippen LogP) is 0.458. The van der Waals surface area contributed by atoms with Gasteiger partial charge in [-0.05, 0) is 32.9 Å². The maximum atomic E-state index is 12.8. The Balaban J connectivity index is 1.63. The Hall–Kier alpha value is -2.30. The van der Waals surface area contributed by atoms with Gasteiger partial charge in [-0.15, -0.1) is 0 Å². The second-order valence-electron chi connectivity index (χ2n) is 7.26. The zero-order valence-electron chi connectivity index (χ0n) is 16.2. The van der Waals surface area contributed by atoms with Crippen LogP contribution in [-0.4, -0.2) is 84.2 Å². The number of imide groups is 2. The zero-order chi connectivity index (χ0) is 20.6. The molecule has 0 aliphatic carbocycles. The first-order valence-electron chi connectivity index (χ1n) is 9.11. The molecule has 1 aromatic rings. The summed E-state index contributed by atoms with van der Waals surface area (Å²) in [5.74, 6) is -1.66. The van der Waals surface area contributed by atoms with E-state index in [0.717, 1.165) is 15.4 Å². The van der Waals surface area contributed by atoms with E-state index in [0.29, 0.717) is 13.1 Å². The van der Waals surface area contributed by atoms with Crippen molar-refractivity contribution in [2.24, 2.45) is 0 Å². The van der Waals surface area contributed by atoms with E-state index in [1.807, 2.05) is 6.92 Å². The molecule has 0 N–H and O–H groups in total. The first-order valence-corrected chi connectivity index (χ1v) is 10.5. The summed E-state index contributed by atoms with van der Waals surface area (Å²) in [6.07, 6.45) is 0. The van der Waals surface area contributed by atoms with Crippen LogP contribution in [0.4, 0.5) is 4.79 Å². The summed E-state index contributed by atoms with van der Waals surface area (Å²) in [6.45, 7) is 6.41. The number of hydrogen-bond donors (Lipinski definition) is 0. The van der Waals surface area contributed by atoms with Crippen molar-refractivity contribution in [2.45, 2.75) is 31.7 Å². The lowest BCUT2D eigenvalue weighted by Crippen LogP contribution is -2.52. The third kappa shape index (κ3) is 3.67. The smallest absolute Gasteiger partial charge is 0.283 e. The highest BCUT2D eigenvalue weighted by Gasteiger charge is 2.46. The lowest BCUT2D eigenvalue weighted by Gasteiger charge is -2.35. The normalized spacial score (nSPS) is 19.9. The average molecular weight is 408 g/mol. The first-order chi connectivity index (χ1) is 13.1. The van der Waals surface area contributed by atoms with Crippen LogP contribution in [0.25, 0.3) is 0 Å². The molecule has 0 radical (unpaired) electrons. The number of carbonyl (C=O) groups excluding carboxylic acids is 3. The molecule has 10 heteroatoms. The maximum Gasteiger partial charge on any atom is 0.335 e. The van der Waals surface area contributed by atoms with Crippen molar-refractivity contribution in [1.29, 1.82) is 0 Å². The molecule has 2 aliphatic heterocycles. The fourth-order valence-corrected chi connectivity index (χ4v) is 4.70. The van der Waals surface area contributed by atoms with Gasteiger partial charge in [0.05, 0.1) is 11.6 Å². The molecule has 0 saturated carbocycles. The number of amides is 4. The van der Waals surface area contributed by atoms with E-state index in [1.165, 1.54) is 4.31 Å². The highest BCUT2D eigenvalue weighted by Crippen LogP contribution is 2.20. The summed E-state index contributed by atoms with van der Waals surface area (Å²) < 4.78 is 26.9. The number of aryl methyl sites for hydroxylation is 1. The number of hydrogen-bond acceptors (Lipinski definition) is 6. The minimum absolute atomic E-state index is 0.0228. The van der Waals surface area contributed by atoms with Gasteiger partial charge in [-0.1, -0.05) is 17.7 Å². The summed E-state index contributed by atoms with van der Waals surface area (Å²) in [6, 6.07) is 5.66. The highest BCUT2D eigenvalue weighted by atomic mass is 32.2. The molecule has 0 atom stereocenters. The van der Waals surface area contributed by atoms with E-state index in [9.17, 15) is 22.8 Å². The number of piperazine rings is 1. The van der Waals surface area contributed by atoms with Crippen LogP contribution >= 0.6 is 0 Å². The maximum absolute atomic E-state index is 12.8. The van der Waals surface area contributed by atoms with Gasteiger partial charge in [0, 0.05) is 32.2 Å². The van der Waals surface area contributed by atoms with Gasteiger partial charge in [0.15, 0.2) is 0 Å². The van der Waals surface area contributed by atoms with Gasteiger partial charge in [-0.3, -0.25) is 19.4 Å². The van der Waals surface area contributed by atoms with Crippen LogP contribution in [0, 0.1) is 6.92 Å². The van der Waals surface area contributed by atoms with Crippen LogP contribution in [0.3, 0.4) is 0 Å². The van der Waals surface area contributed by atoms with E-state index >= 15 is 0 Å². The van der Waals surface area contributed by atoms with Crippen LogP contribution in [0.1, 0.15) is 19.4 Å². The third-order valence-electron chi connectivity index (χ3n) is 4.93. The number of urea groups is 1. The Morgan fingerprint density at radius 1 is 0.929 bits per heavy atom. The van der Waals surface area contributed by atoms with E-state index < -0.39 is 33.9 Å². The molecule has 2 aliphatic rings. The Kier molecular flexibility index (Phi) is 5.55. The monoisotopic (exact) mass is 408 g/mol. The Morgan fingerprint density at radius 2 is 1.50 bits per heavy atom. The SMILES string of the molecule is Cc1ccc(S(=O)(=O)N2CCN(CN3C(=O)C(=O)N(C(C)C)C3=O)CC2)cc1. The zero-order valence-corrected chi connectivity index (χ0v) is 17.0. The Labute approximate surface area is 164 Å². The molecule has 1 aromatic carbocycles. The van der Waals surface area contributed by atoms with E-state index in [4.69, 9.17) is 0 Å². The van der Waals surface area contributed by atoms with Gasteiger partial charge in [0.2, 0.25) is 10.0 Å². The molecule has 9 nitrogen and oxygen atoms in total. The summed E-state index contributed by atoms with van der Waals surface area (Å²) >= 11 is 0. The number of sulfonamides is 1. The van der Waals surface area contributed by atoms with E-state index in [-0.39, 0.29) is 24.7 Å². The molecule has 0 aromatic heterocycles.